The lowest BCUT2D eigenvalue weighted by Gasteiger charge is -2.15. The zero-order valence-electron chi connectivity index (χ0n) is 13.9. The molecule has 1 saturated carbocycles. The van der Waals surface area contributed by atoms with Gasteiger partial charge in [0.15, 0.2) is 5.82 Å². The zero-order chi connectivity index (χ0) is 17.3. The molecule has 1 aromatic heterocycles. The highest BCUT2D eigenvalue weighted by Gasteiger charge is 2.27. The number of nitrogens with zero attached hydrogens (tertiary/aromatic N) is 3. The minimum Gasteiger partial charge on any atom is -0.495 e. The minimum absolute atomic E-state index is 0.201. The average Bonchev–Trinajstić information content (AvgIpc) is 3.31. The molecule has 0 unspecified atom stereocenters. The van der Waals surface area contributed by atoms with Crippen LogP contribution in [0, 0.1) is 0 Å². The standard InChI is InChI=1S/C15H21N5O3S/c1-20(2)24(21,22)11-6-7-13(23-3)12(8-11)16-9-14-17-15(19-18-14)10-4-5-10/h6-8,10,16H,4-5,9H2,1-3H3,(H,17,18,19). The summed E-state index contributed by atoms with van der Waals surface area (Å²) in [6.07, 6.45) is 2.28. The smallest absolute Gasteiger partial charge is 0.242 e. The van der Waals surface area contributed by atoms with Gasteiger partial charge < -0.3 is 10.1 Å². The summed E-state index contributed by atoms with van der Waals surface area (Å²) >= 11 is 0. The van der Waals surface area contributed by atoms with E-state index in [2.05, 4.69) is 20.5 Å². The Morgan fingerprint density at radius 2 is 2.12 bits per heavy atom. The van der Waals surface area contributed by atoms with Crippen LogP contribution in [0.15, 0.2) is 23.1 Å². The molecule has 0 amide bonds. The summed E-state index contributed by atoms with van der Waals surface area (Å²) in [7, 11) is 1.04. The highest BCUT2D eigenvalue weighted by Crippen LogP contribution is 2.37. The van der Waals surface area contributed by atoms with Gasteiger partial charge in [0.25, 0.3) is 0 Å². The number of methoxy groups -OCH3 is 1. The van der Waals surface area contributed by atoms with Gasteiger partial charge in [0, 0.05) is 20.0 Å². The number of aromatic amines is 1. The van der Waals surface area contributed by atoms with Crippen molar-refractivity contribution in [3.8, 4) is 5.75 Å². The molecule has 1 fully saturated rings. The molecular formula is C15H21N5O3S. The van der Waals surface area contributed by atoms with Crippen molar-refractivity contribution < 1.29 is 13.2 Å². The summed E-state index contributed by atoms with van der Waals surface area (Å²) in [6, 6.07) is 4.72. The summed E-state index contributed by atoms with van der Waals surface area (Å²) in [5.74, 6) is 2.61. The lowest BCUT2D eigenvalue weighted by molar-refractivity contribution is 0.416. The Kier molecular flexibility index (Phi) is 4.46. The number of nitrogens with one attached hydrogen (secondary N) is 2. The third-order valence-corrected chi connectivity index (χ3v) is 5.70. The molecular weight excluding hydrogens is 330 g/mol. The van der Waals surface area contributed by atoms with Crippen LogP contribution in [0.4, 0.5) is 5.69 Å². The maximum atomic E-state index is 12.3. The zero-order valence-corrected chi connectivity index (χ0v) is 14.7. The number of hydrogen-bond donors (Lipinski definition) is 2. The predicted molar refractivity (Wildman–Crippen MR) is 89.6 cm³/mol. The Bertz CT molecular complexity index is 827. The quantitative estimate of drug-likeness (QED) is 0.785. The first kappa shape index (κ1) is 16.7. The predicted octanol–water partition coefficient (Wildman–Crippen LogP) is 1.55. The molecule has 3 rings (SSSR count). The topological polar surface area (TPSA) is 100 Å². The van der Waals surface area contributed by atoms with Crippen LogP contribution in [0.1, 0.15) is 30.4 Å². The number of H-pyrrole nitrogens is 1. The molecule has 0 aliphatic heterocycles. The molecule has 2 aromatic rings. The van der Waals surface area contributed by atoms with Crippen molar-refractivity contribution in [3.63, 3.8) is 0 Å². The van der Waals surface area contributed by atoms with Gasteiger partial charge in [0.1, 0.15) is 11.6 Å². The van der Waals surface area contributed by atoms with E-state index in [4.69, 9.17) is 4.74 Å². The third kappa shape index (κ3) is 3.36. The van der Waals surface area contributed by atoms with Gasteiger partial charge in [-0.05, 0) is 31.0 Å². The first-order valence-electron chi connectivity index (χ1n) is 7.67. The number of ether oxygens (including phenoxy) is 1. The number of hydrogen-bond acceptors (Lipinski definition) is 6. The summed E-state index contributed by atoms with van der Waals surface area (Å²) in [4.78, 5) is 4.65. The normalized spacial score (nSPS) is 14.8. The molecule has 8 nitrogen and oxygen atoms in total. The maximum Gasteiger partial charge on any atom is 0.242 e. The van der Waals surface area contributed by atoms with Crippen LogP contribution in [0.5, 0.6) is 5.75 Å². The fourth-order valence-electron chi connectivity index (χ4n) is 2.29. The molecule has 24 heavy (non-hydrogen) atoms. The lowest BCUT2D eigenvalue weighted by atomic mass is 10.3. The SMILES string of the molecule is COc1ccc(S(=O)(=O)N(C)C)cc1NCc1nc(C2CC2)n[nH]1. The number of aromatic nitrogens is 3. The summed E-state index contributed by atoms with van der Waals surface area (Å²) in [6.45, 7) is 0.404. The van der Waals surface area contributed by atoms with E-state index < -0.39 is 10.0 Å². The minimum atomic E-state index is -3.50. The molecule has 1 aromatic carbocycles. The van der Waals surface area contributed by atoms with Crippen LogP contribution in [-0.2, 0) is 16.6 Å². The van der Waals surface area contributed by atoms with E-state index in [1.165, 1.54) is 24.5 Å². The molecule has 9 heteroatoms. The van der Waals surface area contributed by atoms with Crippen LogP contribution >= 0.6 is 0 Å². The second-order valence-corrected chi connectivity index (χ2v) is 8.07. The second-order valence-electron chi connectivity index (χ2n) is 5.92. The summed E-state index contributed by atoms with van der Waals surface area (Å²) in [5.41, 5.74) is 0.588. The molecule has 0 saturated heterocycles. The first-order valence-corrected chi connectivity index (χ1v) is 9.11. The van der Waals surface area contributed by atoms with Crippen LogP contribution in [0.25, 0.3) is 0 Å². The van der Waals surface area contributed by atoms with E-state index >= 15 is 0 Å². The van der Waals surface area contributed by atoms with Crippen LogP contribution in [-0.4, -0.2) is 49.1 Å². The van der Waals surface area contributed by atoms with Gasteiger partial charge in [-0.25, -0.2) is 17.7 Å². The van der Waals surface area contributed by atoms with Crippen LogP contribution in [0.2, 0.25) is 0 Å². The van der Waals surface area contributed by atoms with Crippen LogP contribution in [0.3, 0.4) is 0 Å². The van der Waals surface area contributed by atoms with Gasteiger partial charge in [0.05, 0.1) is 24.2 Å². The monoisotopic (exact) mass is 351 g/mol. The van der Waals surface area contributed by atoms with Crippen molar-refractivity contribution in [2.45, 2.75) is 30.2 Å². The van der Waals surface area contributed by atoms with Crippen molar-refractivity contribution in [3.05, 3.63) is 29.8 Å². The lowest BCUT2D eigenvalue weighted by Crippen LogP contribution is -2.22. The van der Waals surface area contributed by atoms with Gasteiger partial charge in [-0.3, -0.25) is 5.10 Å². The van der Waals surface area contributed by atoms with E-state index in [0.717, 1.165) is 18.7 Å². The summed E-state index contributed by atoms with van der Waals surface area (Å²) < 4.78 is 31.0. The molecule has 2 N–H and O–H groups in total. The fourth-order valence-corrected chi connectivity index (χ4v) is 3.22. The molecule has 1 aliphatic carbocycles. The Balaban J connectivity index is 1.79. The van der Waals surface area contributed by atoms with Crippen molar-refractivity contribution >= 4 is 15.7 Å². The maximum absolute atomic E-state index is 12.3. The van der Waals surface area contributed by atoms with Crippen molar-refractivity contribution in [1.82, 2.24) is 19.5 Å². The Hall–Kier alpha value is -2.13. The van der Waals surface area contributed by atoms with E-state index in [1.807, 2.05) is 0 Å². The molecule has 0 spiro atoms. The number of rotatable bonds is 7. The largest absolute Gasteiger partial charge is 0.495 e. The van der Waals surface area contributed by atoms with E-state index in [0.29, 0.717) is 29.7 Å². The Morgan fingerprint density at radius 3 is 2.75 bits per heavy atom. The van der Waals surface area contributed by atoms with Crippen molar-refractivity contribution in [2.24, 2.45) is 0 Å². The van der Waals surface area contributed by atoms with Gasteiger partial charge >= 0.3 is 0 Å². The molecule has 0 bridgehead atoms. The van der Waals surface area contributed by atoms with Gasteiger partial charge in [-0.15, -0.1) is 0 Å². The van der Waals surface area contributed by atoms with Crippen molar-refractivity contribution in [2.75, 3.05) is 26.5 Å². The molecule has 0 radical (unpaired) electrons. The van der Waals surface area contributed by atoms with Gasteiger partial charge in [-0.1, -0.05) is 0 Å². The molecule has 0 atom stereocenters. The Morgan fingerprint density at radius 1 is 1.38 bits per heavy atom. The van der Waals surface area contributed by atoms with Crippen LogP contribution < -0.4 is 10.1 Å². The number of anilines is 1. The Labute approximate surface area is 141 Å². The fraction of sp³-hybridized carbons (Fsp3) is 0.467. The van der Waals surface area contributed by atoms with E-state index in [-0.39, 0.29) is 4.90 Å². The van der Waals surface area contributed by atoms with Gasteiger partial charge in [-0.2, -0.15) is 5.10 Å². The average molecular weight is 351 g/mol. The summed E-state index contributed by atoms with van der Waals surface area (Å²) in [5, 5.41) is 10.3. The second kappa shape index (κ2) is 6.40. The van der Waals surface area contributed by atoms with Gasteiger partial charge in [0.2, 0.25) is 10.0 Å². The molecule has 1 aliphatic rings. The van der Waals surface area contributed by atoms with E-state index in [9.17, 15) is 8.42 Å². The molecule has 130 valence electrons. The highest BCUT2D eigenvalue weighted by molar-refractivity contribution is 7.89. The van der Waals surface area contributed by atoms with E-state index in [1.54, 1.807) is 19.2 Å². The number of benzene rings is 1. The highest BCUT2D eigenvalue weighted by atomic mass is 32.2. The number of sulfonamides is 1. The first-order chi connectivity index (χ1) is 11.4. The molecule has 1 heterocycles. The van der Waals surface area contributed by atoms with Crippen molar-refractivity contribution in [1.29, 1.82) is 0 Å². The third-order valence-electron chi connectivity index (χ3n) is 3.89.